The van der Waals surface area contributed by atoms with E-state index in [4.69, 9.17) is 0 Å². The third kappa shape index (κ3) is 0.761. The molecule has 12 heavy (non-hydrogen) atoms. The number of Topliss-reactive ketones (excluding diaryl/α,β-unsaturated/α-hetero) is 1. The normalized spacial score (nSPS) is 48.8. The Morgan fingerprint density at radius 2 is 2.00 bits per heavy atom. The van der Waals surface area contributed by atoms with Crippen LogP contribution in [0.15, 0.2) is 12.2 Å². The van der Waals surface area contributed by atoms with Gasteiger partial charge in [-0.2, -0.15) is 0 Å². The molecule has 0 bridgehead atoms. The van der Waals surface area contributed by atoms with E-state index in [1.807, 2.05) is 6.08 Å². The Morgan fingerprint density at radius 1 is 1.42 bits per heavy atom. The van der Waals surface area contributed by atoms with Gasteiger partial charge in [-0.15, -0.1) is 0 Å². The van der Waals surface area contributed by atoms with Crippen LogP contribution in [0.1, 0.15) is 20.8 Å². The molecule has 1 N–H and O–H groups in total. The van der Waals surface area contributed by atoms with Gasteiger partial charge in [-0.3, -0.25) is 4.79 Å². The van der Waals surface area contributed by atoms with Crippen molar-refractivity contribution in [3.63, 3.8) is 0 Å². The lowest BCUT2D eigenvalue weighted by atomic mass is 9.91. The highest BCUT2D eigenvalue weighted by Crippen LogP contribution is 2.62. The molecule has 1 saturated carbocycles. The molecule has 0 radical (unpaired) electrons. The molecule has 2 rings (SSSR count). The van der Waals surface area contributed by atoms with Crippen molar-refractivity contribution in [2.75, 3.05) is 0 Å². The topological polar surface area (TPSA) is 37.3 Å². The van der Waals surface area contributed by atoms with Crippen LogP contribution in [0, 0.1) is 17.3 Å². The molecule has 0 amide bonds. The van der Waals surface area contributed by atoms with Gasteiger partial charge in [0.15, 0.2) is 5.78 Å². The average molecular weight is 166 g/mol. The molecule has 0 aliphatic heterocycles. The van der Waals surface area contributed by atoms with Crippen molar-refractivity contribution in [1.29, 1.82) is 0 Å². The standard InChI is InChI=1S/C10H14O2/c1-9(2)6-4-5-10(3,12)8(11)7(6)9/h4-7,12H,1-3H3. The first-order valence-electron chi connectivity index (χ1n) is 4.33. The Balaban J connectivity index is 2.36. The Bertz CT molecular complexity index is 274. The summed E-state index contributed by atoms with van der Waals surface area (Å²) in [5, 5.41) is 9.64. The van der Waals surface area contributed by atoms with E-state index < -0.39 is 5.60 Å². The summed E-state index contributed by atoms with van der Waals surface area (Å²) in [6.45, 7) is 5.72. The van der Waals surface area contributed by atoms with Crippen molar-refractivity contribution < 1.29 is 9.90 Å². The first-order valence-corrected chi connectivity index (χ1v) is 4.33. The highest BCUT2D eigenvalue weighted by Gasteiger charge is 2.64. The van der Waals surface area contributed by atoms with Gasteiger partial charge in [-0.05, 0) is 24.3 Å². The molecular formula is C10H14O2. The fraction of sp³-hybridized carbons (Fsp3) is 0.700. The second-order valence-corrected chi connectivity index (χ2v) is 4.70. The smallest absolute Gasteiger partial charge is 0.172 e. The van der Waals surface area contributed by atoms with Gasteiger partial charge in [0, 0.05) is 5.92 Å². The fourth-order valence-corrected chi connectivity index (χ4v) is 2.23. The van der Waals surface area contributed by atoms with Gasteiger partial charge in [-0.25, -0.2) is 0 Å². The number of fused-ring (bicyclic) bond motifs is 1. The van der Waals surface area contributed by atoms with Crippen LogP contribution in [-0.4, -0.2) is 16.5 Å². The molecule has 2 aliphatic carbocycles. The van der Waals surface area contributed by atoms with Crippen molar-refractivity contribution in [3.8, 4) is 0 Å². The number of carbonyl (C=O) groups excluding carboxylic acids is 1. The molecule has 0 aromatic carbocycles. The van der Waals surface area contributed by atoms with Crippen LogP contribution < -0.4 is 0 Å². The molecule has 3 unspecified atom stereocenters. The van der Waals surface area contributed by atoms with Crippen LogP contribution in [0.5, 0.6) is 0 Å². The van der Waals surface area contributed by atoms with E-state index in [1.54, 1.807) is 13.0 Å². The second kappa shape index (κ2) is 1.82. The summed E-state index contributed by atoms with van der Waals surface area (Å²) in [6, 6.07) is 0. The van der Waals surface area contributed by atoms with Gasteiger partial charge in [0.25, 0.3) is 0 Å². The van der Waals surface area contributed by atoms with E-state index in [0.717, 1.165) is 0 Å². The van der Waals surface area contributed by atoms with Crippen LogP contribution in [0.3, 0.4) is 0 Å². The van der Waals surface area contributed by atoms with Gasteiger partial charge in [0.1, 0.15) is 5.60 Å². The van der Waals surface area contributed by atoms with Crippen molar-refractivity contribution in [3.05, 3.63) is 12.2 Å². The van der Waals surface area contributed by atoms with Gasteiger partial charge >= 0.3 is 0 Å². The van der Waals surface area contributed by atoms with Crippen molar-refractivity contribution in [1.82, 2.24) is 0 Å². The summed E-state index contributed by atoms with van der Waals surface area (Å²) < 4.78 is 0. The van der Waals surface area contributed by atoms with Crippen molar-refractivity contribution in [2.45, 2.75) is 26.4 Å². The van der Waals surface area contributed by atoms with Crippen LogP contribution in [-0.2, 0) is 4.79 Å². The summed E-state index contributed by atoms with van der Waals surface area (Å²) in [5.41, 5.74) is -1.14. The van der Waals surface area contributed by atoms with E-state index >= 15 is 0 Å². The zero-order valence-corrected chi connectivity index (χ0v) is 7.66. The Morgan fingerprint density at radius 3 is 2.50 bits per heavy atom. The largest absolute Gasteiger partial charge is 0.378 e. The molecule has 2 heteroatoms. The maximum atomic E-state index is 11.6. The molecule has 0 saturated heterocycles. The summed E-state index contributed by atoms with van der Waals surface area (Å²) in [7, 11) is 0. The lowest BCUT2D eigenvalue weighted by Gasteiger charge is -2.20. The summed E-state index contributed by atoms with van der Waals surface area (Å²) >= 11 is 0. The molecule has 0 aromatic rings. The zero-order chi connectivity index (χ0) is 9.15. The zero-order valence-electron chi connectivity index (χ0n) is 7.66. The summed E-state index contributed by atoms with van der Waals surface area (Å²) in [4.78, 5) is 11.6. The maximum absolute atomic E-state index is 11.6. The van der Waals surface area contributed by atoms with Gasteiger partial charge in [-0.1, -0.05) is 19.9 Å². The Hall–Kier alpha value is -0.630. The minimum absolute atomic E-state index is 0.0139. The third-order valence-corrected chi connectivity index (χ3v) is 3.32. The lowest BCUT2D eigenvalue weighted by Crippen LogP contribution is -2.36. The molecule has 2 nitrogen and oxygen atoms in total. The molecule has 1 fully saturated rings. The third-order valence-electron chi connectivity index (χ3n) is 3.32. The predicted molar refractivity (Wildman–Crippen MR) is 45.5 cm³/mol. The minimum atomic E-state index is -1.21. The maximum Gasteiger partial charge on any atom is 0.172 e. The quantitative estimate of drug-likeness (QED) is 0.548. The average Bonchev–Trinajstić information content (AvgIpc) is 2.46. The van der Waals surface area contributed by atoms with E-state index in [9.17, 15) is 9.90 Å². The van der Waals surface area contributed by atoms with E-state index in [2.05, 4.69) is 13.8 Å². The van der Waals surface area contributed by atoms with Crippen molar-refractivity contribution >= 4 is 5.78 Å². The van der Waals surface area contributed by atoms with E-state index in [-0.39, 0.29) is 17.1 Å². The molecular weight excluding hydrogens is 152 g/mol. The Labute approximate surface area is 72.3 Å². The number of rotatable bonds is 0. The van der Waals surface area contributed by atoms with Crippen LogP contribution in [0.2, 0.25) is 0 Å². The molecule has 0 heterocycles. The number of hydrogen-bond donors (Lipinski definition) is 1. The van der Waals surface area contributed by atoms with Gasteiger partial charge < -0.3 is 5.11 Å². The molecule has 2 aliphatic rings. The lowest BCUT2D eigenvalue weighted by molar-refractivity contribution is -0.134. The number of hydrogen-bond acceptors (Lipinski definition) is 2. The number of allylic oxidation sites excluding steroid dienone is 1. The minimum Gasteiger partial charge on any atom is -0.378 e. The molecule has 0 aromatic heterocycles. The number of aliphatic hydroxyl groups is 1. The van der Waals surface area contributed by atoms with Gasteiger partial charge in [0.05, 0.1) is 0 Å². The number of ketones is 1. The predicted octanol–water partition coefficient (Wildman–Crippen LogP) is 1.15. The molecule has 3 atom stereocenters. The summed E-state index contributed by atoms with van der Waals surface area (Å²) in [6.07, 6.45) is 3.61. The van der Waals surface area contributed by atoms with Gasteiger partial charge in [0.2, 0.25) is 0 Å². The first-order chi connectivity index (χ1) is 5.37. The van der Waals surface area contributed by atoms with Crippen LogP contribution >= 0.6 is 0 Å². The highest BCUT2D eigenvalue weighted by molar-refractivity contribution is 5.95. The van der Waals surface area contributed by atoms with Crippen LogP contribution in [0.25, 0.3) is 0 Å². The monoisotopic (exact) mass is 166 g/mol. The van der Waals surface area contributed by atoms with Crippen molar-refractivity contribution in [2.24, 2.45) is 17.3 Å². The Kier molecular flexibility index (Phi) is 1.21. The molecule has 0 spiro atoms. The summed E-state index contributed by atoms with van der Waals surface area (Å²) in [5.74, 6) is 0.405. The second-order valence-electron chi connectivity index (χ2n) is 4.70. The SMILES string of the molecule is CC1(O)C=CC2C(C1=O)C2(C)C. The first kappa shape index (κ1) is 7.99. The highest BCUT2D eigenvalue weighted by atomic mass is 16.3. The van der Waals surface area contributed by atoms with E-state index in [1.165, 1.54) is 0 Å². The molecule has 66 valence electrons. The fourth-order valence-electron chi connectivity index (χ4n) is 2.23. The van der Waals surface area contributed by atoms with E-state index in [0.29, 0.717) is 5.92 Å². The van der Waals surface area contributed by atoms with Crippen LogP contribution in [0.4, 0.5) is 0 Å². The number of carbonyl (C=O) groups is 1.